The van der Waals surface area contributed by atoms with Crippen molar-refractivity contribution in [3.63, 3.8) is 0 Å². The Bertz CT molecular complexity index is 595. The van der Waals surface area contributed by atoms with E-state index in [0.29, 0.717) is 17.0 Å². The van der Waals surface area contributed by atoms with Crippen molar-refractivity contribution in [1.29, 1.82) is 0 Å². The maximum absolute atomic E-state index is 14.0. The Labute approximate surface area is 123 Å². The van der Waals surface area contributed by atoms with E-state index in [0.717, 1.165) is 17.9 Å². The van der Waals surface area contributed by atoms with E-state index in [1.807, 2.05) is 31.6 Å². The lowest BCUT2D eigenvalue weighted by atomic mass is 10.0. The fourth-order valence-corrected chi connectivity index (χ4v) is 2.56. The second-order valence-electron chi connectivity index (χ2n) is 4.80. The van der Waals surface area contributed by atoms with Gasteiger partial charge in [0.2, 0.25) is 0 Å². The molecule has 1 N–H and O–H groups in total. The number of hydrogen-bond acceptors (Lipinski definition) is 2. The van der Waals surface area contributed by atoms with Gasteiger partial charge in [-0.15, -0.1) is 0 Å². The van der Waals surface area contributed by atoms with E-state index in [1.165, 1.54) is 6.07 Å². The van der Waals surface area contributed by atoms with Crippen molar-refractivity contribution >= 4 is 11.6 Å². The van der Waals surface area contributed by atoms with Crippen LogP contribution in [0.25, 0.3) is 0 Å². The van der Waals surface area contributed by atoms with Gasteiger partial charge in [0.25, 0.3) is 0 Å². The van der Waals surface area contributed by atoms with E-state index in [4.69, 9.17) is 11.6 Å². The summed E-state index contributed by atoms with van der Waals surface area (Å²) in [6, 6.07) is 6.74. The molecule has 0 spiro atoms. The number of likely N-dealkylation sites (N-methyl/N-ethyl adjacent to an activating group) is 1. The van der Waals surface area contributed by atoms with Crippen molar-refractivity contribution in [3.8, 4) is 0 Å². The van der Waals surface area contributed by atoms with Crippen LogP contribution in [-0.4, -0.2) is 16.8 Å². The smallest absolute Gasteiger partial charge is 0.129 e. The van der Waals surface area contributed by atoms with Crippen LogP contribution in [0.15, 0.2) is 24.3 Å². The predicted molar refractivity (Wildman–Crippen MR) is 79.6 cm³/mol. The van der Waals surface area contributed by atoms with Crippen LogP contribution in [0.5, 0.6) is 0 Å². The number of nitrogens with zero attached hydrogens (tertiary/aromatic N) is 2. The Hall–Kier alpha value is -1.39. The third-order valence-corrected chi connectivity index (χ3v) is 3.62. The molecule has 1 unspecified atom stereocenters. The zero-order valence-corrected chi connectivity index (χ0v) is 12.7. The number of aromatic nitrogens is 2. The summed E-state index contributed by atoms with van der Waals surface area (Å²) in [4.78, 5) is 0. The highest BCUT2D eigenvalue weighted by Gasteiger charge is 2.17. The molecule has 1 atom stereocenters. The second-order valence-corrected chi connectivity index (χ2v) is 5.24. The third-order valence-electron chi connectivity index (χ3n) is 3.38. The minimum atomic E-state index is -0.281. The van der Waals surface area contributed by atoms with Crippen molar-refractivity contribution in [3.05, 3.63) is 52.1 Å². The van der Waals surface area contributed by atoms with E-state index in [9.17, 15) is 4.39 Å². The first kappa shape index (κ1) is 15.0. The topological polar surface area (TPSA) is 29.9 Å². The molecule has 1 aromatic heterocycles. The SMILES string of the molecule is CCn1nc(C)cc1CC(NC)c1ccc(Cl)cc1F. The van der Waals surface area contributed by atoms with Gasteiger partial charge >= 0.3 is 0 Å². The zero-order chi connectivity index (χ0) is 14.7. The molecule has 1 aromatic carbocycles. The fraction of sp³-hybridized carbons (Fsp3) is 0.400. The first-order valence-corrected chi connectivity index (χ1v) is 7.08. The zero-order valence-electron chi connectivity index (χ0n) is 12.0. The minimum Gasteiger partial charge on any atom is -0.313 e. The van der Waals surface area contributed by atoms with Crippen LogP contribution in [0.1, 0.15) is 29.9 Å². The first-order chi connectivity index (χ1) is 9.55. The van der Waals surface area contributed by atoms with Crippen molar-refractivity contribution in [2.45, 2.75) is 32.9 Å². The van der Waals surface area contributed by atoms with Gasteiger partial charge in [-0.3, -0.25) is 4.68 Å². The molecule has 0 aliphatic heterocycles. The number of halogens is 2. The lowest BCUT2D eigenvalue weighted by Crippen LogP contribution is -2.21. The number of benzene rings is 1. The average Bonchev–Trinajstić information content (AvgIpc) is 2.76. The van der Waals surface area contributed by atoms with Gasteiger partial charge in [-0.25, -0.2) is 4.39 Å². The highest BCUT2D eigenvalue weighted by molar-refractivity contribution is 6.30. The molecular formula is C15H19ClFN3. The summed E-state index contributed by atoms with van der Waals surface area (Å²) < 4.78 is 16.0. The predicted octanol–water partition coefficient (Wildman–Crippen LogP) is 3.51. The quantitative estimate of drug-likeness (QED) is 0.915. The van der Waals surface area contributed by atoms with E-state index < -0.39 is 0 Å². The molecule has 2 rings (SSSR count). The maximum atomic E-state index is 14.0. The third kappa shape index (κ3) is 3.19. The average molecular weight is 296 g/mol. The molecule has 2 aromatic rings. The molecule has 108 valence electrons. The summed E-state index contributed by atoms with van der Waals surface area (Å²) in [7, 11) is 1.83. The molecular weight excluding hydrogens is 277 g/mol. The highest BCUT2D eigenvalue weighted by atomic mass is 35.5. The Kier molecular flexibility index (Phi) is 4.78. The number of hydrogen-bond donors (Lipinski definition) is 1. The van der Waals surface area contributed by atoms with Crippen molar-refractivity contribution in [1.82, 2.24) is 15.1 Å². The van der Waals surface area contributed by atoms with Crippen molar-refractivity contribution in [2.24, 2.45) is 0 Å². The van der Waals surface area contributed by atoms with Crippen LogP contribution in [0.2, 0.25) is 5.02 Å². The van der Waals surface area contributed by atoms with Crippen LogP contribution < -0.4 is 5.32 Å². The fourth-order valence-electron chi connectivity index (χ4n) is 2.40. The summed E-state index contributed by atoms with van der Waals surface area (Å²) in [5.74, 6) is -0.281. The molecule has 0 bridgehead atoms. The van der Waals surface area contributed by atoms with Gasteiger partial charge in [-0.1, -0.05) is 17.7 Å². The first-order valence-electron chi connectivity index (χ1n) is 6.70. The van der Waals surface area contributed by atoms with Crippen LogP contribution in [-0.2, 0) is 13.0 Å². The van der Waals surface area contributed by atoms with E-state index in [1.54, 1.807) is 12.1 Å². The molecule has 0 fully saturated rings. The number of aryl methyl sites for hydroxylation is 2. The Morgan fingerprint density at radius 2 is 2.15 bits per heavy atom. The van der Waals surface area contributed by atoms with Gasteiger partial charge in [0.15, 0.2) is 0 Å². The largest absolute Gasteiger partial charge is 0.313 e. The van der Waals surface area contributed by atoms with Crippen LogP contribution >= 0.6 is 11.6 Å². The Balaban J connectivity index is 2.28. The minimum absolute atomic E-state index is 0.103. The van der Waals surface area contributed by atoms with E-state index in [2.05, 4.69) is 10.4 Å². The second kappa shape index (κ2) is 6.37. The molecule has 0 aliphatic rings. The van der Waals surface area contributed by atoms with Gasteiger partial charge in [0.1, 0.15) is 5.82 Å². The molecule has 20 heavy (non-hydrogen) atoms. The monoisotopic (exact) mass is 295 g/mol. The molecule has 5 heteroatoms. The molecule has 3 nitrogen and oxygen atoms in total. The van der Waals surface area contributed by atoms with Gasteiger partial charge in [-0.05, 0) is 39.1 Å². The summed E-state index contributed by atoms with van der Waals surface area (Å²) in [5.41, 5.74) is 2.70. The Morgan fingerprint density at radius 3 is 2.75 bits per heavy atom. The summed E-state index contributed by atoms with van der Waals surface area (Å²) >= 11 is 5.80. The lowest BCUT2D eigenvalue weighted by Gasteiger charge is -2.18. The summed E-state index contributed by atoms with van der Waals surface area (Å²) in [6.45, 7) is 4.82. The highest BCUT2D eigenvalue weighted by Crippen LogP contribution is 2.24. The standard InChI is InChI=1S/C15H19ClFN3/c1-4-20-12(7-10(2)19-20)9-15(18-3)13-6-5-11(16)8-14(13)17/h5-8,15,18H,4,9H2,1-3H3. The number of rotatable bonds is 5. The summed E-state index contributed by atoms with van der Waals surface area (Å²) in [5, 5.41) is 8.00. The normalized spacial score (nSPS) is 12.7. The lowest BCUT2D eigenvalue weighted by molar-refractivity contribution is 0.510. The molecule has 0 saturated heterocycles. The molecule has 1 heterocycles. The van der Waals surface area contributed by atoms with E-state index in [-0.39, 0.29) is 11.9 Å². The van der Waals surface area contributed by atoms with Crippen LogP contribution in [0.4, 0.5) is 4.39 Å². The molecule has 0 amide bonds. The van der Waals surface area contributed by atoms with Crippen molar-refractivity contribution in [2.75, 3.05) is 7.05 Å². The molecule has 0 radical (unpaired) electrons. The number of nitrogens with one attached hydrogen (secondary N) is 1. The Morgan fingerprint density at radius 1 is 1.40 bits per heavy atom. The van der Waals surface area contributed by atoms with Gasteiger partial charge in [0.05, 0.1) is 5.69 Å². The molecule has 0 aliphatic carbocycles. The molecule has 0 saturated carbocycles. The van der Waals surface area contributed by atoms with Crippen LogP contribution in [0, 0.1) is 12.7 Å². The van der Waals surface area contributed by atoms with E-state index >= 15 is 0 Å². The van der Waals surface area contributed by atoms with Crippen LogP contribution in [0.3, 0.4) is 0 Å². The van der Waals surface area contributed by atoms with Gasteiger partial charge in [0, 0.05) is 35.3 Å². The van der Waals surface area contributed by atoms with Gasteiger partial charge in [-0.2, -0.15) is 5.10 Å². The van der Waals surface area contributed by atoms with Gasteiger partial charge < -0.3 is 5.32 Å². The van der Waals surface area contributed by atoms with Crippen molar-refractivity contribution < 1.29 is 4.39 Å². The summed E-state index contributed by atoms with van der Waals surface area (Å²) in [6.07, 6.45) is 0.684. The maximum Gasteiger partial charge on any atom is 0.129 e.